The van der Waals surface area contributed by atoms with Crippen molar-refractivity contribution in [2.24, 2.45) is 0 Å². The number of hydrogen-bond acceptors (Lipinski definition) is 3. The quantitative estimate of drug-likeness (QED) is 0.591. The molecular weight excluding hydrogens is 226 g/mol. The Bertz CT molecular complexity index is 242. The predicted octanol–water partition coefficient (Wildman–Crippen LogP) is 1.55. The molecule has 5 heteroatoms. The van der Waals surface area contributed by atoms with Crippen molar-refractivity contribution < 1.29 is 14.6 Å². The van der Waals surface area contributed by atoms with E-state index < -0.39 is 0 Å². The van der Waals surface area contributed by atoms with Gasteiger partial charge in [0.05, 0.1) is 7.11 Å². The maximum atomic E-state index is 8.36. The van der Waals surface area contributed by atoms with Gasteiger partial charge in [-0.25, -0.2) is 4.98 Å². The van der Waals surface area contributed by atoms with Gasteiger partial charge in [-0.1, -0.05) is 6.07 Å². The lowest BCUT2D eigenvalue weighted by molar-refractivity contribution is -0.122. The van der Waals surface area contributed by atoms with Crippen LogP contribution < -0.4 is 4.74 Å². The summed E-state index contributed by atoms with van der Waals surface area (Å²) in [7, 11) is 1.59. The number of carboxylic acid groups (broad SMARTS) is 1. The van der Waals surface area contributed by atoms with Gasteiger partial charge in [-0.2, -0.15) is 0 Å². The van der Waals surface area contributed by atoms with Crippen LogP contribution in [0.3, 0.4) is 0 Å². The second-order valence-electron chi connectivity index (χ2n) is 1.61. The summed E-state index contributed by atoms with van der Waals surface area (Å²) in [5.41, 5.74) is 0. The summed E-state index contributed by atoms with van der Waals surface area (Å²) in [6.45, 7) is -0.250. The summed E-state index contributed by atoms with van der Waals surface area (Å²) in [5.74, 6) is 0.629. The van der Waals surface area contributed by atoms with Gasteiger partial charge in [0.1, 0.15) is 4.60 Å². The summed E-state index contributed by atoms with van der Waals surface area (Å²) in [6.07, 6.45) is 0. The van der Waals surface area contributed by atoms with Crippen LogP contribution in [0, 0.1) is 0 Å². The van der Waals surface area contributed by atoms with E-state index in [9.17, 15) is 0 Å². The molecule has 66 valence electrons. The Labute approximate surface area is 78.3 Å². The Morgan fingerprint density at radius 2 is 2.25 bits per heavy atom. The van der Waals surface area contributed by atoms with Crippen LogP contribution in [0.1, 0.15) is 0 Å². The monoisotopic (exact) mass is 233 g/mol. The lowest BCUT2D eigenvalue weighted by Gasteiger charge is -1.95. The lowest BCUT2D eigenvalue weighted by atomic mass is 10.5. The van der Waals surface area contributed by atoms with Gasteiger partial charge in [0.25, 0.3) is 6.47 Å². The Balaban J connectivity index is 0.000000354. The van der Waals surface area contributed by atoms with Crippen LogP contribution >= 0.6 is 15.9 Å². The predicted molar refractivity (Wildman–Crippen MR) is 47.2 cm³/mol. The molecule has 0 aromatic carbocycles. The highest BCUT2D eigenvalue weighted by atomic mass is 79.9. The van der Waals surface area contributed by atoms with E-state index in [0.29, 0.717) is 5.88 Å². The van der Waals surface area contributed by atoms with Gasteiger partial charge in [0, 0.05) is 6.07 Å². The summed E-state index contributed by atoms with van der Waals surface area (Å²) in [4.78, 5) is 12.3. The zero-order chi connectivity index (χ0) is 9.40. The maximum absolute atomic E-state index is 8.36. The highest BCUT2D eigenvalue weighted by molar-refractivity contribution is 9.10. The lowest BCUT2D eigenvalue weighted by Crippen LogP contribution is -1.85. The minimum Gasteiger partial charge on any atom is -0.483 e. The van der Waals surface area contributed by atoms with Crippen LogP contribution in [0.15, 0.2) is 22.8 Å². The van der Waals surface area contributed by atoms with Crippen molar-refractivity contribution in [3.63, 3.8) is 0 Å². The van der Waals surface area contributed by atoms with E-state index in [-0.39, 0.29) is 6.47 Å². The number of aromatic nitrogens is 1. The Morgan fingerprint density at radius 1 is 1.67 bits per heavy atom. The van der Waals surface area contributed by atoms with Gasteiger partial charge < -0.3 is 9.84 Å². The fraction of sp³-hybridized carbons (Fsp3) is 0.143. The molecule has 0 radical (unpaired) electrons. The first-order valence-electron chi connectivity index (χ1n) is 2.99. The first-order chi connectivity index (χ1) is 5.74. The van der Waals surface area contributed by atoms with Crippen LogP contribution in [0.5, 0.6) is 5.88 Å². The first kappa shape index (κ1) is 10.9. The molecule has 1 aromatic heterocycles. The first-order valence-corrected chi connectivity index (χ1v) is 3.78. The molecule has 1 rings (SSSR count). The number of nitrogens with zero attached hydrogens (tertiary/aromatic N) is 1. The number of hydrogen-bond donors (Lipinski definition) is 1. The third-order valence-electron chi connectivity index (χ3n) is 0.899. The highest BCUT2D eigenvalue weighted by Crippen LogP contribution is 2.10. The molecule has 1 N–H and O–H groups in total. The number of pyridine rings is 1. The summed E-state index contributed by atoms with van der Waals surface area (Å²) < 4.78 is 5.65. The SMILES string of the molecule is COc1cccc(Br)n1.O=CO. The van der Waals surface area contributed by atoms with Gasteiger partial charge in [-0.05, 0) is 22.0 Å². The molecule has 0 bridgehead atoms. The number of methoxy groups -OCH3 is 1. The Kier molecular flexibility index (Phi) is 6.00. The molecule has 1 heterocycles. The van der Waals surface area contributed by atoms with Crippen molar-refractivity contribution >= 4 is 22.4 Å². The van der Waals surface area contributed by atoms with Crippen molar-refractivity contribution in [1.82, 2.24) is 4.98 Å². The van der Waals surface area contributed by atoms with Crippen molar-refractivity contribution in [3.05, 3.63) is 22.8 Å². The molecule has 0 amide bonds. The van der Waals surface area contributed by atoms with Crippen LogP contribution in [0.4, 0.5) is 0 Å². The third-order valence-corrected chi connectivity index (χ3v) is 1.34. The number of carbonyl (C=O) groups is 1. The van der Waals surface area contributed by atoms with Crippen molar-refractivity contribution in [1.29, 1.82) is 0 Å². The Hall–Kier alpha value is -1.10. The van der Waals surface area contributed by atoms with Gasteiger partial charge in [0.2, 0.25) is 5.88 Å². The molecule has 0 unspecified atom stereocenters. The molecule has 0 atom stereocenters. The molecule has 4 nitrogen and oxygen atoms in total. The highest BCUT2D eigenvalue weighted by Gasteiger charge is 1.89. The third kappa shape index (κ3) is 4.68. The standard InChI is InChI=1S/C6H6BrNO.CH2O2/c1-9-6-4-2-3-5(7)8-6;2-1-3/h2-4H,1H3;1H,(H,2,3). The topological polar surface area (TPSA) is 59.4 Å². The summed E-state index contributed by atoms with van der Waals surface area (Å²) >= 11 is 3.21. The number of ether oxygens (including phenoxy) is 1. The van der Waals surface area contributed by atoms with Crippen molar-refractivity contribution in [3.8, 4) is 5.88 Å². The molecular formula is C7H8BrNO3. The molecule has 1 aromatic rings. The van der Waals surface area contributed by atoms with E-state index in [1.54, 1.807) is 13.2 Å². The minimum atomic E-state index is -0.250. The summed E-state index contributed by atoms with van der Waals surface area (Å²) in [6, 6.07) is 5.52. The van der Waals surface area contributed by atoms with E-state index in [4.69, 9.17) is 14.6 Å². The number of rotatable bonds is 1. The van der Waals surface area contributed by atoms with Crippen LogP contribution in [-0.4, -0.2) is 23.7 Å². The van der Waals surface area contributed by atoms with Gasteiger partial charge in [-0.3, -0.25) is 4.79 Å². The molecule has 12 heavy (non-hydrogen) atoms. The average Bonchev–Trinajstić information content (AvgIpc) is 2.06. The normalized spacial score (nSPS) is 7.83. The summed E-state index contributed by atoms with van der Waals surface area (Å²) in [5, 5.41) is 6.89. The van der Waals surface area contributed by atoms with Crippen molar-refractivity contribution in [2.45, 2.75) is 0 Å². The largest absolute Gasteiger partial charge is 0.483 e. The second kappa shape index (κ2) is 6.60. The van der Waals surface area contributed by atoms with E-state index in [1.807, 2.05) is 12.1 Å². The fourth-order valence-corrected chi connectivity index (χ4v) is 0.831. The molecule has 0 aliphatic carbocycles. The van der Waals surface area contributed by atoms with Gasteiger partial charge in [-0.15, -0.1) is 0 Å². The molecule has 0 saturated carbocycles. The van der Waals surface area contributed by atoms with Crippen molar-refractivity contribution in [2.75, 3.05) is 7.11 Å². The smallest absolute Gasteiger partial charge is 0.290 e. The maximum Gasteiger partial charge on any atom is 0.290 e. The molecule has 0 aliphatic rings. The van der Waals surface area contributed by atoms with Crippen LogP contribution in [0.25, 0.3) is 0 Å². The molecule has 0 aliphatic heterocycles. The molecule has 0 spiro atoms. The minimum absolute atomic E-state index is 0.250. The number of halogens is 1. The van der Waals surface area contributed by atoms with Gasteiger partial charge in [0.15, 0.2) is 0 Å². The van der Waals surface area contributed by atoms with E-state index in [2.05, 4.69) is 20.9 Å². The fourth-order valence-electron chi connectivity index (χ4n) is 0.503. The van der Waals surface area contributed by atoms with Crippen LogP contribution in [0.2, 0.25) is 0 Å². The Morgan fingerprint density at radius 3 is 2.58 bits per heavy atom. The molecule has 0 fully saturated rings. The second-order valence-corrected chi connectivity index (χ2v) is 2.42. The van der Waals surface area contributed by atoms with E-state index in [0.717, 1.165) is 4.60 Å². The zero-order valence-electron chi connectivity index (χ0n) is 6.40. The zero-order valence-corrected chi connectivity index (χ0v) is 7.98. The van der Waals surface area contributed by atoms with Crippen LogP contribution in [-0.2, 0) is 4.79 Å². The van der Waals surface area contributed by atoms with Gasteiger partial charge >= 0.3 is 0 Å². The average molecular weight is 234 g/mol. The van der Waals surface area contributed by atoms with E-state index >= 15 is 0 Å². The van der Waals surface area contributed by atoms with E-state index in [1.165, 1.54) is 0 Å². The molecule has 0 saturated heterocycles.